The molecule has 0 unspecified atom stereocenters. The quantitative estimate of drug-likeness (QED) is 0.164. The van der Waals surface area contributed by atoms with Gasteiger partial charge >= 0.3 is 22.8 Å². The first-order chi connectivity index (χ1) is 16.9. The van der Waals surface area contributed by atoms with Crippen LogP contribution in [0.1, 0.15) is 58.2 Å². The minimum Gasteiger partial charge on any atom is -0.309 e. The standard InChI is InChI=1S/C21H36F3O9P3/c1-7-28-34(25,29-8-2)13-16-19(22)17(14-35(26,30-9-3)31-10-4)21(24)18(20(16)23)15-36(27,32-11-5)33-12-6/h7-15H2,1-6H3. The normalized spacial score (nSPS) is 12.9. The molecule has 0 aliphatic carbocycles. The SMILES string of the molecule is CCOP(=O)(Cc1c(F)c(CP(=O)(OCC)OCC)c(F)c(CP(=O)(OCC)OCC)c1F)OCC. The van der Waals surface area contributed by atoms with Crippen molar-refractivity contribution in [1.82, 2.24) is 0 Å². The molecule has 0 aliphatic rings. The third-order valence-corrected chi connectivity index (χ3v) is 10.6. The Morgan fingerprint density at radius 3 is 0.750 bits per heavy atom. The highest BCUT2D eigenvalue weighted by Gasteiger charge is 2.38. The zero-order valence-electron chi connectivity index (χ0n) is 21.5. The zero-order valence-corrected chi connectivity index (χ0v) is 24.2. The van der Waals surface area contributed by atoms with Crippen LogP contribution in [0.15, 0.2) is 0 Å². The molecule has 0 amide bonds. The lowest BCUT2D eigenvalue weighted by Crippen LogP contribution is -2.14. The van der Waals surface area contributed by atoms with E-state index in [-0.39, 0.29) is 39.6 Å². The fraction of sp³-hybridized carbons (Fsp3) is 0.714. The van der Waals surface area contributed by atoms with Crippen molar-refractivity contribution in [2.24, 2.45) is 0 Å². The minimum absolute atomic E-state index is 0.0881. The average molecular weight is 582 g/mol. The summed E-state index contributed by atoms with van der Waals surface area (Å²) >= 11 is 0. The van der Waals surface area contributed by atoms with Crippen LogP contribution in [0, 0.1) is 17.5 Å². The summed E-state index contributed by atoms with van der Waals surface area (Å²) in [5, 5.41) is 0. The molecule has 210 valence electrons. The van der Waals surface area contributed by atoms with Gasteiger partial charge in [-0.2, -0.15) is 0 Å². The molecule has 0 heterocycles. The van der Waals surface area contributed by atoms with Gasteiger partial charge in [0.15, 0.2) is 0 Å². The predicted octanol–water partition coefficient (Wildman–Crippen LogP) is 7.40. The van der Waals surface area contributed by atoms with Gasteiger partial charge in [0.05, 0.1) is 58.1 Å². The number of benzene rings is 1. The molecular weight excluding hydrogens is 546 g/mol. The summed E-state index contributed by atoms with van der Waals surface area (Å²) in [6.07, 6.45) is -2.69. The maximum atomic E-state index is 15.6. The van der Waals surface area contributed by atoms with Crippen molar-refractivity contribution in [2.45, 2.75) is 60.0 Å². The van der Waals surface area contributed by atoms with Crippen LogP contribution in [0.2, 0.25) is 0 Å². The lowest BCUT2D eigenvalue weighted by molar-refractivity contribution is 0.218. The summed E-state index contributed by atoms with van der Waals surface area (Å²) in [5.74, 6) is -4.35. The van der Waals surface area contributed by atoms with Crippen LogP contribution in [0.3, 0.4) is 0 Å². The van der Waals surface area contributed by atoms with E-state index in [0.29, 0.717) is 0 Å². The first-order valence-electron chi connectivity index (χ1n) is 11.7. The highest BCUT2D eigenvalue weighted by atomic mass is 31.2. The van der Waals surface area contributed by atoms with Crippen molar-refractivity contribution < 1.29 is 54.0 Å². The Morgan fingerprint density at radius 1 is 0.444 bits per heavy atom. The van der Waals surface area contributed by atoms with E-state index in [1.165, 1.54) is 41.5 Å². The first kappa shape index (κ1) is 33.5. The van der Waals surface area contributed by atoms with Crippen LogP contribution in [-0.4, -0.2) is 39.6 Å². The van der Waals surface area contributed by atoms with Crippen LogP contribution in [0.25, 0.3) is 0 Å². The molecular formula is C21H36F3O9P3. The molecule has 1 aromatic carbocycles. The van der Waals surface area contributed by atoms with E-state index in [2.05, 4.69) is 0 Å². The van der Waals surface area contributed by atoms with E-state index in [1.807, 2.05) is 0 Å². The highest BCUT2D eigenvalue weighted by Crippen LogP contribution is 2.57. The molecule has 0 atom stereocenters. The smallest absolute Gasteiger partial charge is 0.309 e. The van der Waals surface area contributed by atoms with E-state index >= 15 is 13.2 Å². The van der Waals surface area contributed by atoms with Gasteiger partial charge in [-0.1, -0.05) is 0 Å². The summed E-state index contributed by atoms with van der Waals surface area (Å²) in [6.45, 7) is 8.56. The highest BCUT2D eigenvalue weighted by molar-refractivity contribution is 7.53. The van der Waals surface area contributed by atoms with Gasteiger partial charge < -0.3 is 27.1 Å². The minimum atomic E-state index is -4.07. The molecule has 0 saturated heterocycles. The molecule has 0 fully saturated rings. The zero-order chi connectivity index (χ0) is 27.6. The molecule has 1 aromatic rings. The Labute approximate surface area is 210 Å². The molecule has 1 rings (SSSR count). The number of hydrogen-bond donors (Lipinski definition) is 0. The fourth-order valence-electron chi connectivity index (χ4n) is 3.40. The second kappa shape index (κ2) is 15.2. The van der Waals surface area contributed by atoms with E-state index in [4.69, 9.17) is 27.1 Å². The van der Waals surface area contributed by atoms with Crippen molar-refractivity contribution >= 4 is 22.8 Å². The summed E-state index contributed by atoms with van der Waals surface area (Å²) in [6, 6.07) is 0. The molecule has 15 heteroatoms. The van der Waals surface area contributed by atoms with Gasteiger partial charge in [0, 0.05) is 16.7 Å². The van der Waals surface area contributed by atoms with Crippen molar-refractivity contribution in [3.8, 4) is 0 Å². The van der Waals surface area contributed by atoms with Crippen molar-refractivity contribution in [3.05, 3.63) is 34.1 Å². The van der Waals surface area contributed by atoms with E-state index < -0.39 is 75.4 Å². The Kier molecular flexibility index (Phi) is 14.1. The van der Waals surface area contributed by atoms with Gasteiger partial charge in [0.2, 0.25) is 0 Å². The molecule has 0 spiro atoms. The number of hydrogen-bond acceptors (Lipinski definition) is 9. The van der Waals surface area contributed by atoms with Crippen molar-refractivity contribution in [3.63, 3.8) is 0 Å². The van der Waals surface area contributed by atoms with Gasteiger partial charge in [-0.25, -0.2) is 13.2 Å². The average Bonchev–Trinajstić information content (AvgIpc) is 2.78. The Hall–Kier alpha value is -0.540. The third-order valence-electron chi connectivity index (χ3n) is 4.60. The molecule has 0 radical (unpaired) electrons. The van der Waals surface area contributed by atoms with Gasteiger partial charge in [0.25, 0.3) is 0 Å². The van der Waals surface area contributed by atoms with Crippen LogP contribution in [0.5, 0.6) is 0 Å². The Balaban J connectivity index is 3.87. The Bertz CT molecular complexity index is 832. The maximum absolute atomic E-state index is 15.6. The van der Waals surface area contributed by atoms with Crippen LogP contribution >= 0.6 is 22.8 Å². The topological polar surface area (TPSA) is 107 Å². The number of rotatable bonds is 18. The summed E-state index contributed by atoms with van der Waals surface area (Å²) < 4.78 is 117. The lowest BCUT2D eigenvalue weighted by atomic mass is 10.0. The second-order valence-electron chi connectivity index (χ2n) is 7.19. The number of halogens is 3. The van der Waals surface area contributed by atoms with E-state index in [1.54, 1.807) is 0 Å². The predicted molar refractivity (Wildman–Crippen MR) is 130 cm³/mol. The van der Waals surface area contributed by atoms with Crippen molar-refractivity contribution in [2.75, 3.05) is 39.6 Å². The molecule has 0 aliphatic heterocycles. The van der Waals surface area contributed by atoms with Crippen molar-refractivity contribution in [1.29, 1.82) is 0 Å². The molecule has 0 saturated carbocycles. The molecule has 0 N–H and O–H groups in total. The molecule has 9 nitrogen and oxygen atoms in total. The van der Waals surface area contributed by atoms with Crippen LogP contribution < -0.4 is 0 Å². The maximum Gasteiger partial charge on any atom is 0.335 e. The second-order valence-corrected chi connectivity index (χ2v) is 13.4. The summed E-state index contributed by atoms with van der Waals surface area (Å²) in [5.41, 5.74) is -2.53. The fourth-order valence-corrected chi connectivity index (χ4v) is 8.53. The van der Waals surface area contributed by atoms with Crippen LogP contribution in [-0.2, 0) is 59.3 Å². The third kappa shape index (κ3) is 9.04. The van der Waals surface area contributed by atoms with Gasteiger partial charge in [0.1, 0.15) is 17.5 Å². The largest absolute Gasteiger partial charge is 0.335 e. The van der Waals surface area contributed by atoms with E-state index in [0.717, 1.165) is 0 Å². The molecule has 0 aromatic heterocycles. The summed E-state index contributed by atoms with van der Waals surface area (Å²) in [4.78, 5) is 0. The van der Waals surface area contributed by atoms with Gasteiger partial charge in [-0.05, 0) is 41.5 Å². The van der Waals surface area contributed by atoms with Gasteiger partial charge in [-0.15, -0.1) is 0 Å². The monoisotopic (exact) mass is 582 g/mol. The molecule has 36 heavy (non-hydrogen) atoms. The summed E-state index contributed by atoms with van der Waals surface area (Å²) in [7, 11) is -12.2. The van der Waals surface area contributed by atoms with Crippen LogP contribution in [0.4, 0.5) is 13.2 Å². The first-order valence-corrected chi connectivity index (χ1v) is 16.9. The van der Waals surface area contributed by atoms with Gasteiger partial charge in [-0.3, -0.25) is 13.7 Å². The Morgan fingerprint density at radius 2 is 0.611 bits per heavy atom. The molecule has 0 bridgehead atoms. The lowest BCUT2D eigenvalue weighted by Gasteiger charge is -2.23. The van der Waals surface area contributed by atoms with E-state index in [9.17, 15) is 13.7 Å².